The molecule has 8 rings (SSSR count). The fourth-order valence-electron chi connectivity index (χ4n) is 6.53. The van der Waals surface area contributed by atoms with Crippen molar-refractivity contribution in [1.82, 2.24) is 0 Å². The first-order chi connectivity index (χ1) is 20.6. The third-order valence-electron chi connectivity index (χ3n) is 8.61. The van der Waals surface area contributed by atoms with E-state index in [9.17, 15) is 0 Å². The standard InChI is InChI=1S/C39H30N2S/c1-39(2)35-16-10-9-15-31(35)32-20-17-27(24-36(32)39)40-26-18-21-37-33(23-26)34-25-30(19-22-38(34)42-37)41(28-11-5-3-6-12-28)29-13-7-4-8-14-29/h3-25,40H,1-2H3. The van der Waals surface area contributed by atoms with Crippen molar-refractivity contribution in [3.63, 3.8) is 0 Å². The molecule has 0 amide bonds. The summed E-state index contributed by atoms with van der Waals surface area (Å²) in [5.41, 5.74) is 11.1. The van der Waals surface area contributed by atoms with E-state index in [0.29, 0.717) is 0 Å². The smallest absolute Gasteiger partial charge is 0.0468 e. The monoisotopic (exact) mass is 558 g/mol. The minimum absolute atomic E-state index is 0.0170. The maximum absolute atomic E-state index is 3.73. The van der Waals surface area contributed by atoms with E-state index in [2.05, 4.69) is 164 Å². The first-order valence-corrected chi connectivity index (χ1v) is 15.3. The lowest BCUT2D eigenvalue weighted by Gasteiger charge is -2.25. The highest BCUT2D eigenvalue weighted by molar-refractivity contribution is 7.25. The zero-order valence-electron chi connectivity index (χ0n) is 23.6. The molecule has 2 nitrogen and oxygen atoms in total. The predicted octanol–water partition coefficient (Wildman–Crippen LogP) is 11.6. The first-order valence-electron chi connectivity index (χ1n) is 14.4. The number of hydrogen-bond acceptors (Lipinski definition) is 3. The van der Waals surface area contributed by atoms with Crippen LogP contribution in [0.3, 0.4) is 0 Å². The molecular weight excluding hydrogens is 529 g/mol. The minimum Gasteiger partial charge on any atom is -0.355 e. The van der Waals surface area contributed by atoms with E-state index in [1.165, 1.54) is 42.4 Å². The van der Waals surface area contributed by atoms with E-state index in [1.54, 1.807) is 0 Å². The summed E-state index contributed by atoms with van der Waals surface area (Å²) in [6.45, 7) is 4.66. The molecule has 0 saturated carbocycles. The van der Waals surface area contributed by atoms with Crippen LogP contribution in [0.25, 0.3) is 31.3 Å². The Morgan fingerprint density at radius 2 is 1.07 bits per heavy atom. The van der Waals surface area contributed by atoms with Gasteiger partial charge in [0.15, 0.2) is 0 Å². The molecule has 1 N–H and O–H groups in total. The molecule has 0 aliphatic heterocycles. The molecule has 0 spiro atoms. The maximum atomic E-state index is 3.73. The number of nitrogens with zero attached hydrogens (tertiary/aromatic N) is 1. The largest absolute Gasteiger partial charge is 0.355 e. The molecule has 6 aromatic carbocycles. The van der Waals surface area contributed by atoms with Gasteiger partial charge in [-0.3, -0.25) is 0 Å². The second-order valence-corrected chi connectivity index (χ2v) is 12.6. The molecule has 0 unspecified atom stereocenters. The number of rotatable bonds is 5. The minimum atomic E-state index is -0.0170. The van der Waals surface area contributed by atoms with E-state index in [-0.39, 0.29) is 5.41 Å². The highest BCUT2D eigenvalue weighted by Gasteiger charge is 2.35. The fraction of sp³-hybridized carbons (Fsp3) is 0.0769. The summed E-state index contributed by atoms with van der Waals surface area (Å²) in [4.78, 5) is 2.33. The van der Waals surface area contributed by atoms with Crippen molar-refractivity contribution in [3.8, 4) is 11.1 Å². The summed E-state index contributed by atoms with van der Waals surface area (Å²) in [5, 5.41) is 6.28. The summed E-state index contributed by atoms with van der Waals surface area (Å²) < 4.78 is 2.59. The molecule has 1 aromatic heterocycles. The molecule has 3 heteroatoms. The Hall–Kier alpha value is -4.86. The van der Waals surface area contributed by atoms with Crippen molar-refractivity contribution in [2.24, 2.45) is 0 Å². The highest BCUT2D eigenvalue weighted by Crippen LogP contribution is 2.49. The van der Waals surface area contributed by atoms with Gasteiger partial charge >= 0.3 is 0 Å². The first kappa shape index (κ1) is 24.9. The van der Waals surface area contributed by atoms with Crippen molar-refractivity contribution in [3.05, 3.63) is 151 Å². The molecular formula is C39H30N2S. The van der Waals surface area contributed by atoms with Crippen molar-refractivity contribution in [1.29, 1.82) is 0 Å². The lowest BCUT2D eigenvalue weighted by Crippen LogP contribution is -2.15. The number of thiophene rings is 1. The van der Waals surface area contributed by atoms with Crippen LogP contribution in [0.15, 0.2) is 140 Å². The van der Waals surface area contributed by atoms with E-state index in [1.807, 2.05) is 11.3 Å². The summed E-state index contributed by atoms with van der Waals surface area (Å²) in [6.07, 6.45) is 0. The zero-order valence-corrected chi connectivity index (χ0v) is 24.5. The Morgan fingerprint density at radius 1 is 0.500 bits per heavy atom. The van der Waals surface area contributed by atoms with E-state index < -0.39 is 0 Å². The van der Waals surface area contributed by atoms with Gasteiger partial charge in [0.1, 0.15) is 0 Å². The topological polar surface area (TPSA) is 15.3 Å². The van der Waals surface area contributed by atoms with Gasteiger partial charge in [-0.15, -0.1) is 11.3 Å². The molecule has 0 bridgehead atoms. The summed E-state index contributed by atoms with van der Waals surface area (Å²) in [6, 6.07) is 50.4. The Balaban J connectivity index is 1.19. The zero-order chi connectivity index (χ0) is 28.3. The van der Waals surface area contributed by atoms with Gasteiger partial charge in [-0.1, -0.05) is 80.6 Å². The number of para-hydroxylation sites is 2. The Morgan fingerprint density at radius 3 is 1.81 bits per heavy atom. The second kappa shape index (κ2) is 9.61. The number of hydrogen-bond donors (Lipinski definition) is 1. The molecule has 0 atom stereocenters. The van der Waals surface area contributed by atoms with Crippen LogP contribution in [-0.4, -0.2) is 0 Å². The molecule has 202 valence electrons. The van der Waals surface area contributed by atoms with Gasteiger partial charge in [-0.25, -0.2) is 0 Å². The third kappa shape index (κ3) is 4.00. The molecule has 0 radical (unpaired) electrons. The highest BCUT2D eigenvalue weighted by atomic mass is 32.1. The van der Waals surface area contributed by atoms with Crippen molar-refractivity contribution in [2.45, 2.75) is 19.3 Å². The van der Waals surface area contributed by atoms with Crippen LogP contribution in [0.1, 0.15) is 25.0 Å². The Labute approximate surface area is 250 Å². The summed E-state index contributed by atoms with van der Waals surface area (Å²) in [5.74, 6) is 0. The Kier molecular flexibility index (Phi) is 5.70. The van der Waals surface area contributed by atoms with E-state index in [0.717, 1.165) is 28.4 Å². The van der Waals surface area contributed by atoms with Gasteiger partial charge < -0.3 is 10.2 Å². The number of fused-ring (bicyclic) bond motifs is 6. The van der Waals surface area contributed by atoms with Crippen LogP contribution in [0.5, 0.6) is 0 Å². The summed E-state index contributed by atoms with van der Waals surface area (Å²) >= 11 is 1.85. The van der Waals surface area contributed by atoms with Crippen molar-refractivity contribution < 1.29 is 0 Å². The number of nitrogens with one attached hydrogen (secondary N) is 1. The van der Waals surface area contributed by atoms with Gasteiger partial charge in [0.25, 0.3) is 0 Å². The average molecular weight is 559 g/mol. The molecule has 42 heavy (non-hydrogen) atoms. The van der Waals surface area contributed by atoms with Gasteiger partial charge in [-0.05, 0) is 95.1 Å². The lowest BCUT2D eigenvalue weighted by molar-refractivity contribution is 0.660. The predicted molar refractivity (Wildman–Crippen MR) is 181 cm³/mol. The van der Waals surface area contributed by atoms with Crippen LogP contribution < -0.4 is 10.2 Å². The third-order valence-corrected chi connectivity index (χ3v) is 9.76. The average Bonchev–Trinajstić information content (AvgIpc) is 3.50. The second-order valence-electron chi connectivity index (χ2n) is 11.6. The van der Waals surface area contributed by atoms with Crippen LogP contribution in [0.4, 0.5) is 28.4 Å². The van der Waals surface area contributed by atoms with Crippen molar-refractivity contribution >= 4 is 59.9 Å². The van der Waals surface area contributed by atoms with Gasteiger partial charge in [0, 0.05) is 54.0 Å². The molecule has 1 aliphatic carbocycles. The van der Waals surface area contributed by atoms with Gasteiger partial charge in [0.05, 0.1) is 0 Å². The van der Waals surface area contributed by atoms with Gasteiger partial charge in [0.2, 0.25) is 0 Å². The van der Waals surface area contributed by atoms with E-state index in [4.69, 9.17) is 0 Å². The number of benzene rings is 6. The Bertz CT molecular complexity index is 2050. The quantitative estimate of drug-likeness (QED) is 0.226. The lowest BCUT2D eigenvalue weighted by atomic mass is 9.82. The van der Waals surface area contributed by atoms with Crippen LogP contribution in [0.2, 0.25) is 0 Å². The van der Waals surface area contributed by atoms with Crippen LogP contribution in [0, 0.1) is 0 Å². The normalized spacial score (nSPS) is 13.2. The van der Waals surface area contributed by atoms with Crippen LogP contribution >= 0.6 is 11.3 Å². The molecule has 7 aromatic rings. The molecule has 1 heterocycles. The van der Waals surface area contributed by atoms with Gasteiger partial charge in [-0.2, -0.15) is 0 Å². The molecule has 0 fully saturated rings. The maximum Gasteiger partial charge on any atom is 0.0468 e. The van der Waals surface area contributed by atoms with Crippen molar-refractivity contribution in [2.75, 3.05) is 10.2 Å². The fourth-order valence-corrected chi connectivity index (χ4v) is 7.60. The van der Waals surface area contributed by atoms with E-state index >= 15 is 0 Å². The van der Waals surface area contributed by atoms with Crippen LogP contribution in [-0.2, 0) is 5.41 Å². The molecule has 1 aliphatic rings. The molecule has 0 saturated heterocycles. The summed E-state index contributed by atoms with van der Waals surface area (Å²) in [7, 11) is 0. The number of anilines is 5. The SMILES string of the molecule is CC1(C)c2ccccc2-c2ccc(Nc3ccc4sc5ccc(N(c6ccccc6)c6ccccc6)cc5c4c3)cc21.